The Morgan fingerprint density at radius 2 is 1.83 bits per heavy atom. The third-order valence-corrected chi connectivity index (χ3v) is 4.36. The number of hydrogen-bond acceptors (Lipinski definition) is 1. The molecule has 0 heterocycles. The zero-order valence-corrected chi connectivity index (χ0v) is 12.3. The van der Waals surface area contributed by atoms with Crippen LogP contribution in [0.2, 0.25) is 0 Å². The van der Waals surface area contributed by atoms with Crippen LogP contribution in [-0.4, -0.2) is 6.04 Å². The summed E-state index contributed by atoms with van der Waals surface area (Å²) in [5.74, 6) is 0.419. The summed E-state index contributed by atoms with van der Waals surface area (Å²) in [5.41, 5.74) is 7.31. The topological polar surface area (TPSA) is 26.0 Å². The summed E-state index contributed by atoms with van der Waals surface area (Å²) in [6.45, 7) is 0. The molecule has 2 N–H and O–H groups in total. The second-order valence-corrected chi connectivity index (χ2v) is 6.31. The van der Waals surface area contributed by atoms with Crippen molar-refractivity contribution in [1.82, 2.24) is 0 Å². The molecule has 0 bridgehead atoms. The standard InChI is InChI=1S/C15H21BrFN/c16-13-7-11(8-14(17)10-13)9-15(18)12-5-3-1-2-4-6-12/h7-8,10,12,15H,1-6,9,18H2. The van der Waals surface area contributed by atoms with Gasteiger partial charge in [-0.25, -0.2) is 4.39 Å². The maximum Gasteiger partial charge on any atom is 0.124 e. The molecule has 1 fully saturated rings. The average Bonchev–Trinajstić information content (AvgIpc) is 2.55. The van der Waals surface area contributed by atoms with Crippen molar-refractivity contribution < 1.29 is 4.39 Å². The molecule has 1 nitrogen and oxygen atoms in total. The summed E-state index contributed by atoms with van der Waals surface area (Å²) < 4.78 is 14.1. The van der Waals surface area contributed by atoms with Crippen LogP contribution in [0.25, 0.3) is 0 Å². The van der Waals surface area contributed by atoms with E-state index in [1.165, 1.54) is 44.6 Å². The van der Waals surface area contributed by atoms with E-state index < -0.39 is 0 Å². The second-order valence-electron chi connectivity index (χ2n) is 5.40. The maximum absolute atomic E-state index is 13.3. The fraction of sp³-hybridized carbons (Fsp3) is 0.600. The lowest BCUT2D eigenvalue weighted by molar-refractivity contribution is 0.372. The largest absolute Gasteiger partial charge is 0.327 e. The van der Waals surface area contributed by atoms with E-state index in [4.69, 9.17) is 5.73 Å². The minimum atomic E-state index is -0.188. The molecule has 0 aromatic heterocycles. The zero-order valence-electron chi connectivity index (χ0n) is 10.7. The summed E-state index contributed by atoms with van der Waals surface area (Å²) in [6.07, 6.45) is 8.52. The number of rotatable bonds is 3. The van der Waals surface area contributed by atoms with E-state index in [0.717, 1.165) is 16.5 Å². The summed E-state index contributed by atoms with van der Waals surface area (Å²) in [4.78, 5) is 0. The van der Waals surface area contributed by atoms with Gasteiger partial charge in [0.1, 0.15) is 5.82 Å². The zero-order chi connectivity index (χ0) is 13.0. The van der Waals surface area contributed by atoms with Gasteiger partial charge in [0.2, 0.25) is 0 Å². The van der Waals surface area contributed by atoms with Gasteiger partial charge in [-0.2, -0.15) is 0 Å². The fourth-order valence-electron chi connectivity index (χ4n) is 2.91. The van der Waals surface area contributed by atoms with Crippen LogP contribution in [0.4, 0.5) is 4.39 Å². The van der Waals surface area contributed by atoms with Gasteiger partial charge in [-0.1, -0.05) is 41.6 Å². The first-order chi connectivity index (χ1) is 8.65. The molecule has 0 aliphatic heterocycles. The van der Waals surface area contributed by atoms with Gasteiger partial charge in [0.15, 0.2) is 0 Å². The van der Waals surface area contributed by atoms with Gasteiger partial charge >= 0.3 is 0 Å². The first-order valence-electron chi connectivity index (χ1n) is 6.85. The highest BCUT2D eigenvalue weighted by Gasteiger charge is 2.19. The Balaban J connectivity index is 1.98. The molecule has 1 saturated carbocycles. The van der Waals surface area contributed by atoms with Crippen LogP contribution in [-0.2, 0) is 6.42 Å². The molecule has 1 atom stereocenters. The minimum absolute atomic E-state index is 0.164. The number of benzene rings is 1. The summed E-state index contributed by atoms with van der Waals surface area (Å²) in [5, 5.41) is 0. The van der Waals surface area contributed by atoms with Crippen molar-refractivity contribution in [3.05, 3.63) is 34.1 Å². The molecule has 1 aliphatic rings. The molecule has 0 spiro atoms. The molecule has 1 unspecified atom stereocenters. The Labute approximate surface area is 117 Å². The van der Waals surface area contributed by atoms with Crippen LogP contribution in [0.15, 0.2) is 22.7 Å². The van der Waals surface area contributed by atoms with Gasteiger partial charge in [0, 0.05) is 10.5 Å². The molecule has 0 amide bonds. The predicted molar refractivity (Wildman–Crippen MR) is 77.0 cm³/mol. The second kappa shape index (κ2) is 6.67. The van der Waals surface area contributed by atoms with Crippen LogP contribution in [0.3, 0.4) is 0 Å². The molecule has 3 heteroatoms. The van der Waals surface area contributed by atoms with E-state index >= 15 is 0 Å². The molecule has 0 saturated heterocycles. The van der Waals surface area contributed by atoms with Crippen molar-refractivity contribution in [3.8, 4) is 0 Å². The van der Waals surface area contributed by atoms with E-state index in [2.05, 4.69) is 15.9 Å². The maximum atomic E-state index is 13.3. The molecular formula is C15H21BrFN. The Morgan fingerprint density at radius 3 is 2.44 bits per heavy atom. The van der Waals surface area contributed by atoms with Crippen molar-refractivity contribution in [2.24, 2.45) is 11.7 Å². The SMILES string of the molecule is NC(Cc1cc(F)cc(Br)c1)C1CCCCCC1. The monoisotopic (exact) mass is 313 g/mol. The van der Waals surface area contributed by atoms with Gasteiger partial charge in [-0.3, -0.25) is 0 Å². The molecule has 100 valence electrons. The van der Waals surface area contributed by atoms with E-state index in [1.807, 2.05) is 6.07 Å². The lowest BCUT2D eigenvalue weighted by Gasteiger charge is -2.22. The quantitative estimate of drug-likeness (QED) is 0.821. The molecule has 1 aromatic carbocycles. The van der Waals surface area contributed by atoms with E-state index in [1.54, 1.807) is 6.07 Å². The van der Waals surface area contributed by atoms with Crippen molar-refractivity contribution in [2.45, 2.75) is 51.0 Å². The summed E-state index contributed by atoms with van der Waals surface area (Å²) >= 11 is 3.33. The van der Waals surface area contributed by atoms with Crippen molar-refractivity contribution in [1.29, 1.82) is 0 Å². The predicted octanol–water partition coefficient (Wildman–Crippen LogP) is 4.43. The van der Waals surface area contributed by atoms with E-state index in [9.17, 15) is 4.39 Å². The van der Waals surface area contributed by atoms with Crippen molar-refractivity contribution in [3.63, 3.8) is 0 Å². The molecule has 2 rings (SSSR count). The lowest BCUT2D eigenvalue weighted by Crippen LogP contribution is -2.32. The smallest absolute Gasteiger partial charge is 0.124 e. The first kappa shape index (κ1) is 14.0. The molecule has 1 aliphatic carbocycles. The van der Waals surface area contributed by atoms with Crippen LogP contribution in [0.1, 0.15) is 44.1 Å². The highest BCUT2D eigenvalue weighted by atomic mass is 79.9. The number of hydrogen-bond donors (Lipinski definition) is 1. The van der Waals surface area contributed by atoms with E-state index in [-0.39, 0.29) is 11.9 Å². The van der Waals surface area contributed by atoms with Crippen LogP contribution < -0.4 is 5.73 Å². The van der Waals surface area contributed by atoms with Crippen LogP contribution >= 0.6 is 15.9 Å². The number of nitrogens with two attached hydrogens (primary N) is 1. The Morgan fingerprint density at radius 1 is 1.17 bits per heavy atom. The first-order valence-corrected chi connectivity index (χ1v) is 7.65. The van der Waals surface area contributed by atoms with Gasteiger partial charge in [0.05, 0.1) is 0 Å². The Bertz CT molecular complexity index is 366. The van der Waals surface area contributed by atoms with E-state index in [0.29, 0.717) is 5.92 Å². The molecule has 0 radical (unpaired) electrons. The minimum Gasteiger partial charge on any atom is -0.327 e. The number of halogens is 2. The van der Waals surface area contributed by atoms with Crippen LogP contribution in [0, 0.1) is 11.7 Å². The molecular weight excluding hydrogens is 293 g/mol. The van der Waals surface area contributed by atoms with Gasteiger partial charge < -0.3 is 5.73 Å². The van der Waals surface area contributed by atoms with Gasteiger partial charge in [-0.15, -0.1) is 0 Å². The van der Waals surface area contributed by atoms with Gasteiger partial charge in [0.25, 0.3) is 0 Å². The lowest BCUT2D eigenvalue weighted by atomic mass is 9.88. The Hall–Kier alpha value is -0.410. The van der Waals surface area contributed by atoms with Crippen molar-refractivity contribution >= 4 is 15.9 Å². The highest BCUT2D eigenvalue weighted by Crippen LogP contribution is 2.26. The summed E-state index contributed by atoms with van der Waals surface area (Å²) in [6, 6.07) is 5.22. The molecule has 18 heavy (non-hydrogen) atoms. The highest BCUT2D eigenvalue weighted by molar-refractivity contribution is 9.10. The summed E-state index contributed by atoms with van der Waals surface area (Å²) in [7, 11) is 0. The van der Waals surface area contributed by atoms with Crippen LogP contribution in [0.5, 0.6) is 0 Å². The normalized spacial score (nSPS) is 19.5. The van der Waals surface area contributed by atoms with Gasteiger partial charge in [-0.05, 0) is 48.9 Å². The van der Waals surface area contributed by atoms with Crippen molar-refractivity contribution in [2.75, 3.05) is 0 Å². The molecule has 1 aromatic rings. The third-order valence-electron chi connectivity index (χ3n) is 3.90. The fourth-order valence-corrected chi connectivity index (χ4v) is 3.42. The third kappa shape index (κ3) is 4.06. The Kier molecular flexibility index (Phi) is 5.19. The average molecular weight is 314 g/mol.